The number of aliphatic hydroxyl groups is 1. The van der Waals surface area contributed by atoms with Crippen molar-refractivity contribution in [2.24, 2.45) is 17.6 Å². The van der Waals surface area contributed by atoms with Crippen LogP contribution in [-0.4, -0.2) is 179 Å². The number of aliphatic hydroxyl groups excluding tert-OH is 1. The predicted octanol–water partition coefficient (Wildman–Crippen LogP) is 0.834. The number of carboxylic acid groups (broad SMARTS) is 1. The van der Waals surface area contributed by atoms with Crippen molar-refractivity contribution in [2.45, 2.75) is 172 Å². The average Bonchev–Trinajstić information content (AvgIpc) is 1.70. The molecule has 0 radical (unpaired) electrons. The standard InChI is InChI=1S/C72H90FN11O17/c1-39-54(24-25-61(89)90)66(94)83-62(42(4)86)69(97)82-59(32-45-12-20-52(100-7)21-13-45)70(98)84-28-9-26-72(84,6)71(99)79-51(38-85)31-44-14-22-53(23-15-44)101-29-27-75-60(88)36-58(78-43(5)87)67(95)77-40(2)64(92)76-41(3)65(93)81-57(33-46-10-8-11-47(30-46)37-74)68(96)80-56(63(39)91)34-49-17-16-48-18-19-50(73)35-55(48)49/h8,10-15,17-23,30,35,38-42,51,54,56-59,62,86H,9,16,24-29,31-34,36-37,74H2,1-7H3,(H,75,88)(H,76,92)(H,77,95)(H,78,87)(H,79,99)(H,80,96)(H,81,93)(H,82,97)(H,83,94)(H,89,90)/t39?,40-,41+,42+,51-,54+,56-,57?,58-,59-,62-,72-/m0/s1. The van der Waals surface area contributed by atoms with E-state index in [2.05, 4.69) is 47.9 Å². The molecule has 0 saturated carbocycles. The maximum Gasteiger partial charge on any atom is 0.303 e. The first-order chi connectivity index (χ1) is 48.0. The molecule has 2 bridgehead atoms. The monoisotopic (exact) mass is 1400 g/mol. The molecule has 542 valence electrons. The fourth-order valence-electron chi connectivity index (χ4n) is 12.5. The minimum absolute atomic E-state index is 0.00426. The Kier molecular flexibility index (Phi) is 27.8. The number of carboxylic acids is 1. The van der Waals surface area contributed by atoms with Gasteiger partial charge in [-0.15, -0.1) is 0 Å². The average molecular weight is 1400 g/mol. The van der Waals surface area contributed by atoms with Crippen LogP contribution in [0, 0.1) is 17.7 Å². The smallest absolute Gasteiger partial charge is 0.303 e. The molecule has 12 atom stereocenters. The van der Waals surface area contributed by atoms with Gasteiger partial charge in [-0.25, -0.2) is 4.39 Å². The highest BCUT2D eigenvalue weighted by atomic mass is 19.1. The molecule has 8 rings (SSSR count). The summed E-state index contributed by atoms with van der Waals surface area (Å²) < 4.78 is 26.2. The van der Waals surface area contributed by atoms with Gasteiger partial charge in [0.05, 0.1) is 38.3 Å². The third-order valence-corrected chi connectivity index (χ3v) is 18.2. The first-order valence-corrected chi connectivity index (χ1v) is 33.5. The molecule has 1 fully saturated rings. The summed E-state index contributed by atoms with van der Waals surface area (Å²) in [7, 11) is 1.45. The number of aliphatic carboxylic acids is 1. The molecular formula is C72H90FN11O17. The molecule has 28 nitrogen and oxygen atoms in total. The van der Waals surface area contributed by atoms with Gasteiger partial charge in [0.25, 0.3) is 0 Å². The summed E-state index contributed by atoms with van der Waals surface area (Å²) in [6.07, 6.45) is -1.35. The van der Waals surface area contributed by atoms with Crippen molar-refractivity contribution in [1.29, 1.82) is 0 Å². The number of hydrogen-bond acceptors (Lipinski definition) is 17. The third kappa shape index (κ3) is 21.5. The molecule has 1 saturated heterocycles. The van der Waals surface area contributed by atoms with Crippen LogP contribution in [0.15, 0.2) is 97.1 Å². The maximum absolute atomic E-state index is 15.5. The molecule has 0 aromatic heterocycles. The number of methoxy groups -OCH3 is 1. The van der Waals surface area contributed by atoms with Crippen LogP contribution in [0.25, 0.3) is 5.57 Å². The number of aldehydes is 1. The molecule has 13 N–H and O–H groups in total. The fourth-order valence-corrected chi connectivity index (χ4v) is 12.5. The van der Waals surface area contributed by atoms with Crippen LogP contribution < -0.4 is 63.1 Å². The third-order valence-electron chi connectivity index (χ3n) is 18.2. The Hall–Kier alpha value is -10.4. The zero-order valence-corrected chi connectivity index (χ0v) is 57.5. The molecular weight excluding hydrogens is 1310 g/mol. The Morgan fingerprint density at radius 2 is 1.42 bits per heavy atom. The molecule has 4 aromatic rings. The van der Waals surface area contributed by atoms with Crippen molar-refractivity contribution >= 4 is 82.7 Å². The van der Waals surface area contributed by atoms with Gasteiger partial charge in [-0.3, -0.25) is 57.5 Å². The highest BCUT2D eigenvalue weighted by Gasteiger charge is 2.49. The van der Waals surface area contributed by atoms with Gasteiger partial charge in [-0.05, 0) is 135 Å². The Labute approximate surface area is 584 Å². The molecule has 0 spiro atoms. The Bertz CT molecular complexity index is 3760. The van der Waals surface area contributed by atoms with Crippen LogP contribution in [0.5, 0.6) is 11.5 Å². The highest BCUT2D eigenvalue weighted by Crippen LogP contribution is 2.34. The van der Waals surface area contributed by atoms with E-state index >= 15 is 18.8 Å². The van der Waals surface area contributed by atoms with E-state index in [1.807, 2.05) is 0 Å². The number of halogens is 1. The van der Waals surface area contributed by atoms with Gasteiger partial charge in [-0.2, -0.15) is 0 Å². The number of amides is 10. The Morgan fingerprint density at radius 1 is 0.762 bits per heavy atom. The van der Waals surface area contributed by atoms with Crippen LogP contribution in [0.1, 0.15) is 113 Å². The number of fused-ring (bicyclic) bond motifs is 34. The van der Waals surface area contributed by atoms with Crippen molar-refractivity contribution in [2.75, 3.05) is 26.8 Å². The van der Waals surface area contributed by atoms with Gasteiger partial charge >= 0.3 is 5.97 Å². The van der Waals surface area contributed by atoms with Crippen LogP contribution in [0.2, 0.25) is 0 Å². The van der Waals surface area contributed by atoms with E-state index in [-0.39, 0.29) is 58.3 Å². The number of benzene rings is 4. The molecule has 2 unspecified atom stereocenters. The number of carbonyl (C=O) groups excluding carboxylic acids is 12. The lowest BCUT2D eigenvalue weighted by Gasteiger charge is -2.37. The summed E-state index contributed by atoms with van der Waals surface area (Å²) in [5.41, 5.74) is 8.09. The minimum atomic E-state index is -1.90. The molecule has 29 heteroatoms. The largest absolute Gasteiger partial charge is 0.497 e. The molecule has 3 heterocycles. The van der Waals surface area contributed by atoms with Crippen molar-refractivity contribution in [3.63, 3.8) is 0 Å². The number of ketones is 1. The summed E-state index contributed by atoms with van der Waals surface area (Å²) >= 11 is 0. The summed E-state index contributed by atoms with van der Waals surface area (Å²) in [4.78, 5) is 183. The number of allylic oxidation sites excluding steroid dienone is 1. The molecule has 1 aliphatic carbocycles. The number of Topliss-reactive ketones (excluding diaryl/α,β-unsaturated/α-hetero) is 1. The van der Waals surface area contributed by atoms with Gasteiger partial charge in [0.15, 0.2) is 5.78 Å². The Balaban J connectivity index is 1.26. The Morgan fingerprint density at radius 3 is 2.07 bits per heavy atom. The van der Waals surface area contributed by atoms with Gasteiger partial charge in [-0.1, -0.05) is 67.6 Å². The molecule has 3 aliphatic heterocycles. The van der Waals surface area contributed by atoms with Crippen LogP contribution in [0.4, 0.5) is 4.39 Å². The zero-order valence-electron chi connectivity index (χ0n) is 57.5. The number of carbonyl (C=O) groups is 13. The van der Waals surface area contributed by atoms with Gasteiger partial charge in [0.1, 0.15) is 72.0 Å². The quantitative estimate of drug-likeness (QED) is 0.0614. The normalized spacial score (nSPS) is 25.6. The van der Waals surface area contributed by atoms with E-state index in [0.717, 1.165) is 6.92 Å². The van der Waals surface area contributed by atoms with Crippen molar-refractivity contribution in [1.82, 2.24) is 52.8 Å². The van der Waals surface area contributed by atoms with E-state index in [4.69, 9.17) is 15.2 Å². The van der Waals surface area contributed by atoms with Crippen molar-refractivity contribution in [3.8, 4) is 11.5 Å². The number of nitrogens with zero attached hydrogens (tertiary/aromatic N) is 1. The van der Waals surface area contributed by atoms with Crippen LogP contribution in [0.3, 0.4) is 0 Å². The maximum atomic E-state index is 15.5. The molecule has 4 aromatic carbocycles. The topological polar surface area (TPSA) is 418 Å². The van der Waals surface area contributed by atoms with Gasteiger partial charge < -0.3 is 83.0 Å². The minimum Gasteiger partial charge on any atom is -0.497 e. The van der Waals surface area contributed by atoms with E-state index in [1.54, 1.807) is 84.9 Å². The number of ether oxygens (including phenoxy) is 2. The van der Waals surface area contributed by atoms with Crippen LogP contribution >= 0.6 is 0 Å². The number of hydrogen-bond donors (Lipinski definition) is 12. The molecule has 4 aliphatic rings. The van der Waals surface area contributed by atoms with Crippen LogP contribution in [-0.2, 0) is 94.6 Å². The van der Waals surface area contributed by atoms with Crippen molar-refractivity contribution < 1.29 is 86.4 Å². The number of nitrogens with one attached hydrogen (secondary N) is 9. The summed E-state index contributed by atoms with van der Waals surface area (Å²) in [5, 5.41) is 44.7. The number of rotatable bonds is 14. The van der Waals surface area contributed by atoms with Gasteiger partial charge in [0, 0.05) is 57.5 Å². The molecule has 10 amide bonds. The summed E-state index contributed by atoms with van der Waals surface area (Å²) in [6, 6.07) is 11.8. The summed E-state index contributed by atoms with van der Waals surface area (Å²) in [6.45, 7) is 7.67. The number of nitrogens with two attached hydrogens (primary N) is 1. The fraction of sp³-hybridized carbons (Fsp3) is 0.458. The van der Waals surface area contributed by atoms with E-state index in [1.165, 1.54) is 58.8 Å². The van der Waals surface area contributed by atoms with E-state index in [0.29, 0.717) is 69.6 Å². The summed E-state index contributed by atoms with van der Waals surface area (Å²) in [5.74, 6) is -13.9. The lowest BCUT2D eigenvalue weighted by Crippen LogP contribution is -2.63. The highest BCUT2D eigenvalue weighted by molar-refractivity contribution is 6.01. The second kappa shape index (κ2) is 36.1. The van der Waals surface area contributed by atoms with Gasteiger partial charge in [0.2, 0.25) is 59.1 Å². The first-order valence-electron chi connectivity index (χ1n) is 33.5. The second-order valence-corrected chi connectivity index (χ2v) is 25.9. The van der Waals surface area contributed by atoms with Crippen molar-refractivity contribution in [3.05, 3.63) is 136 Å². The lowest BCUT2D eigenvalue weighted by atomic mass is 9.81. The SMILES string of the molecule is COc1ccc(C[C@@H]2NC(=O)[C@H]([C@@H](C)O)NC(=O)[C@H](CCC(=O)O)C(C)C(=O)[C@H](CC3=CCc4ccc(F)cc43)NC(=O)C(Cc3cccc(CN)c3)NC(=O)[C@@H](C)NC(=O)[C@H](C)NC(=O)[C@@H](NC(C)=O)CC(=O)NCCOc3ccc(cc3)C[C@@H](C=O)NC(=O)[C@]3(C)CCCN3C2=O)cc1. The first kappa shape index (κ1) is 77.9. The predicted molar refractivity (Wildman–Crippen MR) is 365 cm³/mol. The lowest BCUT2D eigenvalue weighted by molar-refractivity contribution is -0.147. The van der Waals surface area contributed by atoms with E-state index < -0.39 is 168 Å². The molecule has 101 heavy (non-hydrogen) atoms. The second-order valence-electron chi connectivity index (χ2n) is 25.9. The zero-order chi connectivity index (χ0) is 73.8. The van der Waals surface area contributed by atoms with E-state index in [9.17, 15) is 58.2 Å².